The molecule has 0 bridgehead atoms. The molecule has 4 rings (SSSR count). The molecule has 0 spiro atoms. The number of carbonyl (C=O) groups excluding carboxylic acids is 1. The Morgan fingerprint density at radius 1 is 1.21 bits per heavy atom. The second-order valence-corrected chi connectivity index (χ2v) is 7.98. The highest BCUT2D eigenvalue weighted by Gasteiger charge is 2.17. The maximum absolute atomic E-state index is 12.6. The number of para-hydroxylation sites is 1. The highest BCUT2D eigenvalue weighted by molar-refractivity contribution is 8.00. The fourth-order valence-electron chi connectivity index (χ4n) is 3.42. The topological polar surface area (TPSA) is 100 Å². The van der Waals surface area contributed by atoms with Crippen molar-refractivity contribution in [3.8, 4) is 5.88 Å². The zero-order chi connectivity index (χ0) is 20.5. The van der Waals surface area contributed by atoms with Crippen molar-refractivity contribution in [2.45, 2.75) is 30.8 Å². The monoisotopic (exact) mass is 408 g/mol. The Morgan fingerprint density at radius 2 is 1.97 bits per heavy atom. The number of aromatic hydroxyl groups is 1. The molecule has 2 heterocycles. The van der Waals surface area contributed by atoms with E-state index in [0.717, 1.165) is 46.2 Å². The number of nitrogens with one attached hydrogen (secondary N) is 2. The predicted molar refractivity (Wildman–Crippen MR) is 116 cm³/mol. The van der Waals surface area contributed by atoms with Crippen LogP contribution >= 0.6 is 11.8 Å². The summed E-state index contributed by atoms with van der Waals surface area (Å²) in [5.74, 6) is -0.596. The first-order chi connectivity index (χ1) is 14.0. The van der Waals surface area contributed by atoms with Gasteiger partial charge >= 0.3 is 0 Å². The smallest absolute Gasteiger partial charge is 0.255 e. The Labute approximate surface area is 170 Å². The molecular weight excluding hydrogens is 388 g/mol. The van der Waals surface area contributed by atoms with Crippen LogP contribution in [0.15, 0.2) is 58.5 Å². The van der Waals surface area contributed by atoms with Gasteiger partial charge in [-0.05, 0) is 38.1 Å². The molecule has 1 unspecified atom stereocenters. The molecule has 0 saturated carbocycles. The summed E-state index contributed by atoms with van der Waals surface area (Å²) in [4.78, 5) is 30.4. The largest absolute Gasteiger partial charge is 0.493 e. The molecule has 0 aliphatic carbocycles. The zero-order valence-corrected chi connectivity index (χ0v) is 16.8. The summed E-state index contributed by atoms with van der Waals surface area (Å²) in [5, 5.41) is 14.3. The van der Waals surface area contributed by atoms with E-state index in [0.29, 0.717) is 5.69 Å². The lowest BCUT2D eigenvalue weighted by molar-refractivity contribution is -0.115. The van der Waals surface area contributed by atoms with Gasteiger partial charge in [0, 0.05) is 34.0 Å². The van der Waals surface area contributed by atoms with Crippen LogP contribution in [0.5, 0.6) is 5.88 Å². The Kier molecular flexibility index (Phi) is 5.02. The SMILES string of the molecule is CCn1c2ccccc2c2cc(NC(=O)C(C)Sc3nc(O)cc(=O)[nH]3)ccc21. The molecule has 148 valence electrons. The van der Waals surface area contributed by atoms with Crippen molar-refractivity contribution in [2.75, 3.05) is 5.32 Å². The van der Waals surface area contributed by atoms with Crippen molar-refractivity contribution in [2.24, 2.45) is 0 Å². The number of fused-ring (bicyclic) bond motifs is 3. The number of nitrogens with zero attached hydrogens (tertiary/aromatic N) is 2. The normalized spacial score (nSPS) is 12.3. The van der Waals surface area contributed by atoms with Gasteiger partial charge in [-0.2, -0.15) is 4.98 Å². The fraction of sp³-hybridized carbons (Fsp3) is 0.190. The second-order valence-electron chi connectivity index (χ2n) is 6.65. The molecular formula is C21H20N4O3S. The maximum Gasteiger partial charge on any atom is 0.255 e. The van der Waals surface area contributed by atoms with E-state index in [1.807, 2.05) is 30.3 Å². The van der Waals surface area contributed by atoms with Crippen LogP contribution in [0.1, 0.15) is 13.8 Å². The van der Waals surface area contributed by atoms with E-state index in [2.05, 4.69) is 38.9 Å². The van der Waals surface area contributed by atoms with Gasteiger partial charge in [0.15, 0.2) is 5.16 Å². The minimum absolute atomic E-state index is 0.194. The molecule has 2 aromatic heterocycles. The van der Waals surface area contributed by atoms with Crippen LogP contribution in [0.2, 0.25) is 0 Å². The summed E-state index contributed by atoms with van der Waals surface area (Å²) >= 11 is 1.07. The number of aromatic amines is 1. The van der Waals surface area contributed by atoms with Crippen molar-refractivity contribution >= 4 is 45.2 Å². The number of amides is 1. The number of benzene rings is 2. The summed E-state index contributed by atoms with van der Waals surface area (Å²) in [6, 6.07) is 15.1. The maximum atomic E-state index is 12.6. The van der Waals surface area contributed by atoms with Crippen LogP contribution < -0.4 is 10.9 Å². The average Bonchev–Trinajstić information content (AvgIpc) is 3.00. The van der Waals surface area contributed by atoms with E-state index < -0.39 is 10.8 Å². The molecule has 8 heteroatoms. The Bertz CT molecular complexity index is 1280. The predicted octanol–water partition coefficient (Wildman–Crippen LogP) is 3.72. The number of hydrogen-bond acceptors (Lipinski definition) is 5. The number of aryl methyl sites for hydroxylation is 1. The number of thioether (sulfide) groups is 1. The van der Waals surface area contributed by atoms with Gasteiger partial charge in [-0.15, -0.1) is 0 Å². The Hall–Kier alpha value is -3.26. The highest BCUT2D eigenvalue weighted by Crippen LogP contribution is 2.31. The number of carbonyl (C=O) groups is 1. The van der Waals surface area contributed by atoms with Crippen LogP contribution in [-0.2, 0) is 11.3 Å². The molecule has 0 aliphatic heterocycles. The van der Waals surface area contributed by atoms with E-state index >= 15 is 0 Å². The van der Waals surface area contributed by atoms with Gasteiger partial charge in [0.2, 0.25) is 11.8 Å². The van der Waals surface area contributed by atoms with Gasteiger partial charge in [-0.1, -0.05) is 30.0 Å². The molecule has 29 heavy (non-hydrogen) atoms. The van der Waals surface area contributed by atoms with E-state index in [4.69, 9.17) is 0 Å². The van der Waals surface area contributed by atoms with Crippen LogP contribution in [0, 0.1) is 0 Å². The molecule has 0 saturated heterocycles. The lowest BCUT2D eigenvalue weighted by atomic mass is 10.1. The first-order valence-electron chi connectivity index (χ1n) is 9.25. The first kappa shape index (κ1) is 19.1. The number of rotatable bonds is 5. The molecule has 1 atom stereocenters. The summed E-state index contributed by atoms with van der Waals surface area (Å²) in [6.45, 7) is 4.68. The van der Waals surface area contributed by atoms with Gasteiger partial charge in [0.05, 0.1) is 11.3 Å². The van der Waals surface area contributed by atoms with Crippen molar-refractivity contribution in [3.63, 3.8) is 0 Å². The van der Waals surface area contributed by atoms with Gasteiger partial charge in [-0.3, -0.25) is 9.59 Å². The van der Waals surface area contributed by atoms with E-state index in [1.165, 1.54) is 0 Å². The fourth-order valence-corrected chi connectivity index (χ4v) is 4.22. The molecule has 2 aromatic carbocycles. The van der Waals surface area contributed by atoms with Gasteiger partial charge < -0.3 is 20.0 Å². The number of hydrogen-bond donors (Lipinski definition) is 3. The minimum Gasteiger partial charge on any atom is -0.493 e. The van der Waals surface area contributed by atoms with E-state index in [9.17, 15) is 14.7 Å². The lowest BCUT2D eigenvalue weighted by Crippen LogP contribution is -2.23. The average molecular weight is 408 g/mol. The third-order valence-corrected chi connectivity index (χ3v) is 5.70. The summed E-state index contributed by atoms with van der Waals surface area (Å²) in [7, 11) is 0. The molecule has 7 nitrogen and oxygen atoms in total. The molecule has 1 amide bonds. The summed E-state index contributed by atoms with van der Waals surface area (Å²) in [6.07, 6.45) is 0. The molecule has 0 radical (unpaired) electrons. The standard InChI is InChI=1S/C21H20N4O3S/c1-3-25-16-7-5-4-6-14(16)15-10-13(8-9-17(15)25)22-20(28)12(2)29-21-23-18(26)11-19(27)24-21/h4-12H,3H2,1-2H3,(H,22,28)(H2,23,24,26,27). The van der Waals surface area contributed by atoms with Crippen molar-refractivity contribution in [1.29, 1.82) is 0 Å². The lowest BCUT2D eigenvalue weighted by Gasteiger charge is -2.12. The van der Waals surface area contributed by atoms with Crippen LogP contribution in [0.3, 0.4) is 0 Å². The number of aromatic nitrogens is 3. The molecule has 0 aliphatic rings. The Morgan fingerprint density at radius 3 is 2.72 bits per heavy atom. The third-order valence-electron chi connectivity index (χ3n) is 4.72. The molecule has 4 aromatic rings. The van der Waals surface area contributed by atoms with E-state index in [-0.39, 0.29) is 16.9 Å². The molecule has 0 fully saturated rings. The number of anilines is 1. The first-order valence-corrected chi connectivity index (χ1v) is 10.1. The Balaban J connectivity index is 1.59. The third kappa shape index (κ3) is 3.71. The van der Waals surface area contributed by atoms with Gasteiger partial charge in [-0.25, -0.2) is 0 Å². The van der Waals surface area contributed by atoms with Gasteiger partial charge in [0.1, 0.15) is 0 Å². The second kappa shape index (κ2) is 7.63. The van der Waals surface area contributed by atoms with Crippen molar-refractivity contribution in [3.05, 3.63) is 58.9 Å². The number of H-pyrrole nitrogens is 1. The quantitative estimate of drug-likeness (QED) is 0.345. The van der Waals surface area contributed by atoms with Crippen molar-refractivity contribution < 1.29 is 9.90 Å². The van der Waals surface area contributed by atoms with Gasteiger partial charge in [0.25, 0.3) is 5.56 Å². The van der Waals surface area contributed by atoms with Crippen LogP contribution in [-0.4, -0.2) is 30.8 Å². The van der Waals surface area contributed by atoms with Crippen LogP contribution in [0.25, 0.3) is 21.8 Å². The highest BCUT2D eigenvalue weighted by atomic mass is 32.2. The zero-order valence-electron chi connectivity index (χ0n) is 16.0. The summed E-state index contributed by atoms with van der Waals surface area (Å²) < 4.78 is 2.25. The van der Waals surface area contributed by atoms with Crippen LogP contribution in [0.4, 0.5) is 5.69 Å². The summed E-state index contributed by atoms with van der Waals surface area (Å²) in [5.41, 5.74) is 2.52. The molecule has 3 N–H and O–H groups in total. The minimum atomic E-state index is -0.521. The van der Waals surface area contributed by atoms with Crippen molar-refractivity contribution in [1.82, 2.24) is 14.5 Å². The van der Waals surface area contributed by atoms with E-state index in [1.54, 1.807) is 6.92 Å².